The van der Waals surface area contributed by atoms with E-state index < -0.39 is 74.3 Å². The number of aliphatic hydroxyl groups is 3. The van der Waals surface area contributed by atoms with Crippen LogP contribution in [-0.2, 0) is 33.2 Å². The Morgan fingerprint density at radius 3 is 2.53 bits per heavy atom. The van der Waals surface area contributed by atoms with Crippen molar-refractivity contribution in [3.63, 3.8) is 0 Å². The van der Waals surface area contributed by atoms with Crippen LogP contribution in [0.2, 0.25) is 0 Å². The van der Waals surface area contributed by atoms with E-state index in [0.29, 0.717) is 0 Å². The summed E-state index contributed by atoms with van der Waals surface area (Å²) in [6.45, 7) is 3.49. The van der Waals surface area contributed by atoms with E-state index in [9.17, 15) is 15.3 Å². The van der Waals surface area contributed by atoms with Gasteiger partial charge in [-0.1, -0.05) is 36.4 Å². The van der Waals surface area contributed by atoms with Gasteiger partial charge in [-0.3, -0.25) is 0 Å². The summed E-state index contributed by atoms with van der Waals surface area (Å²) in [6, 6.07) is 9.51. The van der Waals surface area contributed by atoms with E-state index in [1.807, 2.05) is 30.3 Å². The third-order valence-corrected chi connectivity index (χ3v) is 6.17. The SMILES string of the molecule is C=CCO[C@H]1[C@@H](O)[C@@H](CO)O[C@@H](O[C@H]2[C@@H]3OC(c4ccccc4)O[C@@H]3[C@@H]3OC[C@H]2O3)[C@@H]1O. The van der Waals surface area contributed by atoms with Gasteiger partial charge in [0, 0.05) is 5.56 Å². The van der Waals surface area contributed by atoms with Crippen LogP contribution in [0.25, 0.3) is 0 Å². The first kappa shape index (κ1) is 22.4. The fourth-order valence-corrected chi connectivity index (χ4v) is 4.58. The molecule has 4 aliphatic heterocycles. The fraction of sp³-hybridized carbons (Fsp3) is 0.636. The van der Waals surface area contributed by atoms with Crippen molar-refractivity contribution in [3.8, 4) is 0 Å². The Labute approximate surface area is 185 Å². The van der Waals surface area contributed by atoms with Gasteiger partial charge in [0.2, 0.25) is 0 Å². The van der Waals surface area contributed by atoms with Crippen LogP contribution in [-0.4, -0.2) is 96.6 Å². The maximum absolute atomic E-state index is 10.8. The standard InChI is InChI=1S/C22H28O10/c1-2-8-26-17-14(24)12(9-23)28-21(15(17)25)30-16-13-10-27-22(29-13)19-18(16)31-20(32-19)11-6-4-3-5-7-11/h2-7,12-25H,1,8-10H2/t12-,13-,14+,15-,16-,17+,18+,19+,20?,21+,22-/m1/s1. The minimum Gasteiger partial charge on any atom is -0.394 e. The summed E-state index contributed by atoms with van der Waals surface area (Å²) in [4.78, 5) is 0. The molecule has 176 valence electrons. The van der Waals surface area contributed by atoms with Crippen LogP contribution in [0.5, 0.6) is 0 Å². The minimum absolute atomic E-state index is 0.106. The summed E-state index contributed by atoms with van der Waals surface area (Å²) in [7, 11) is 0. The molecule has 0 aliphatic carbocycles. The van der Waals surface area contributed by atoms with Crippen molar-refractivity contribution in [2.45, 2.75) is 67.7 Å². The Morgan fingerprint density at radius 2 is 1.78 bits per heavy atom. The van der Waals surface area contributed by atoms with Crippen LogP contribution in [0.15, 0.2) is 43.0 Å². The molecule has 0 aromatic heterocycles. The van der Waals surface area contributed by atoms with Gasteiger partial charge in [-0.15, -0.1) is 6.58 Å². The van der Waals surface area contributed by atoms with Crippen LogP contribution >= 0.6 is 0 Å². The highest BCUT2D eigenvalue weighted by atomic mass is 16.8. The van der Waals surface area contributed by atoms with Crippen LogP contribution in [0, 0.1) is 0 Å². The van der Waals surface area contributed by atoms with Crippen LogP contribution in [0.3, 0.4) is 0 Å². The number of hydrogen-bond acceptors (Lipinski definition) is 10. The maximum atomic E-state index is 10.8. The maximum Gasteiger partial charge on any atom is 0.187 e. The number of fused-ring (bicyclic) bond motifs is 4. The lowest BCUT2D eigenvalue weighted by molar-refractivity contribution is -0.335. The normalized spacial score (nSPS) is 45.5. The van der Waals surface area contributed by atoms with E-state index in [-0.39, 0.29) is 13.2 Å². The van der Waals surface area contributed by atoms with E-state index in [2.05, 4.69) is 6.58 Å². The molecule has 4 fully saturated rings. The van der Waals surface area contributed by atoms with Crippen molar-refractivity contribution in [2.24, 2.45) is 0 Å². The number of ether oxygens (including phenoxy) is 7. The molecule has 1 unspecified atom stereocenters. The van der Waals surface area contributed by atoms with Gasteiger partial charge in [-0.05, 0) is 0 Å². The summed E-state index contributed by atoms with van der Waals surface area (Å²) in [5, 5.41) is 30.9. The lowest BCUT2D eigenvalue weighted by Gasteiger charge is -2.44. The Bertz CT molecular complexity index is 777. The number of hydrogen-bond donors (Lipinski definition) is 3. The van der Waals surface area contributed by atoms with E-state index in [1.165, 1.54) is 6.08 Å². The van der Waals surface area contributed by atoms with Gasteiger partial charge >= 0.3 is 0 Å². The molecule has 11 atom stereocenters. The van der Waals surface area contributed by atoms with E-state index >= 15 is 0 Å². The number of benzene rings is 1. The zero-order chi connectivity index (χ0) is 22.2. The first-order valence-electron chi connectivity index (χ1n) is 10.7. The lowest BCUT2D eigenvalue weighted by Crippen LogP contribution is -2.63. The predicted molar refractivity (Wildman–Crippen MR) is 106 cm³/mol. The Kier molecular flexibility index (Phi) is 6.59. The summed E-state index contributed by atoms with van der Waals surface area (Å²) >= 11 is 0. The van der Waals surface area contributed by atoms with E-state index in [4.69, 9.17) is 33.2 Å². The molecule has 4 heterocycles. The first-order valence-corrected chi connectivity index (χ1v) is 10.7. The molecule has 4 saturated heterocycles. The second-order valence-corrected chi connectivity index (χ2v) is 8.21. The highest BCUT2D eigenvalue weighted by Crippen LogP contribution is 2.43. The van der Waals surface area contributed by atoms with Crippen molar-refractivity contribution in [2.75, 3.05) is 19.8 Å². The second kappa shape index (κ2) is 9.43. The fourth-order valence-electron chi connectivity index (χ4n) is 4.58. The lowest BCUT2D eigenvalue weighted by atomic mass is 9.97. The molecular formula is C22H28O10. The average molecular weight is 452 g/mol. The quantitative estimate of drug-likeness (QED) is 0.472. The highest BCUT2D eigenvalue weighted by Gasteiger charge is 2.59. The summed E-state index contributed by atoms with van der Waals surface area (Å²) in [5.41, 5.74) is 0.854. The number of aliphatic hydroxyl groups excluding tert-OH is 3. The summed E-state index contributed by atoms with van der Waals surface area (Å²) in [6.07, 6.45) is -7.68. The van der Waals surface area contributed by atoms with E-state index in [0.717, 1.165) is 5.56 Å². The topological polar surface area (TPSA) is 125 Å². The predicted octanol–water partition coefficient (Wildman–Crippen LogP) is -0.380. The molecule has 4 aliphatic rings. The van der Waals surface area contributed by atoms with Crippen molar-refractivity contribution in [3.05, 3.63) is 48.6 Å². The van der Waals surface area contributed by atoms with Crippen molar-refractivity contribution >= 4 is 0 Å². The van der Waals surface area contributed by atoms with Gasteiger partial charge in [0.05, 0.1) is 19.8 Å². The van der Waals surface area contributed by atoms with Crippen LogP contribution in [0.4, 0.5) is 0 Å². The number of rotatable bonds is 7. The third kappa shape index (κ3) is 4.01. The molecule has 10 heteroatoms. The molecule has 10 nitrogen and oxygen atoms in total. The molecule has 0 saturated carbocycles. The highest BCUT2D eigenvalue weighted by molar-refractivity contribution is 5.17. The Morgan fingerprint density at radius 1 is 1.00 bits per heavy atom. The van der Waals surface area contributed by atoms with Crippen molar-refractivity contribution < 1.29 is 48.5 Å². The minimum atomic E-state index is -1.32. The zero-order valence-electron chi connectivity index (χ0n) is 17.3. The first-order chi connectivity index (χ1) is 15.6. The Hall–Kier alpha value is -1.44. The summed E-state index contributed by atoms with van der Waals surface area (Å²) in [5.74, 6) is 0. The molecule has 3 N–H and O–H groups in total. The zero-order valence-corrected chi connectivity index (χ0v) is 17.3. The van der Waals surface area contributed by atoms with Crippen LogP contribution < -0.4 is 0 Å². The van der Waals surface area contributed by atoms with Crippen LogP contribution in [0.1, 0.15) is 11.9 Å². The van der Waals surface area contributed by atoms with Gasteiger partial charge in [0.15, 0.2) is 18.9 Å². The Balaban J connectivity index is 1.34. The van der Waals surface area contributed by atoms with Gasteiger partial charge in [-0.25, -0.2) is 0 Å². The average Bonchev–Trinajstić information content (AvgIpc) is 3.45. The van der Waals surface area contributed by atoms with Gasteiger partial charge in [0.25, 0.3) is 0 Å². The molecule has 1 aromatic rings. The summed E-state index contributed by atoms with van der Waals surface area (Å²) < 4.78 is 41.3. The van der Waals surface area contributed by atoms with Gasteiger partial charge in [-0.2, -0.15) is 0 Å². The molecule has 0 spiro atoms. The molecule has 32 heavy (non-hydrogen) atoms. The molecule has 2 bridgehead atoms. The van der Waals surface area contributed by atoms with Crippen molar-refractivity contribution in [1.82, 2.24) is 0 Å². The molecular weight excluding hydrogens is 424 g/mol. The molecule has 1 aromatic carbocycles. The third-order valence-electron chi connectivity index (χ3n) is 6.17. The monoisotopic (exact) mass is 452 g/mol. The molecule has 0 amide bonds. The van der Waals surface area contributed by atoms with Crippen molar-refractivity contribution in [1.29, 1.82) is 0 Å². The van der Waals surface area contributed by atoms with Gasteiger partial charge < -0.3 is 48.5 Å². The van der Waals surface area contributed by atoms with Gasteiger partial charge in [0.1, 0.15) is 48.8 Å². The molecule has 5 rings (SSSR count). The second-order valence-electron chi connectivity index (χ2n) is 8.21. The largest absolute Gasteiger partial charge is 0.394 e. The molecule has 0 radical (unpaired) electrons. The van der Waals surface area contributed by atoms with E-state index in [1.54, 1.807) is 0 Å². The smallest absolute Gasteiger partial charge is 0.187 e.